The van der Waals surface area contributed by atoms with Crippen molar-refractivity contribution >= 4 is 11.3 Å². The number of thiazole rings is 1. The molecule has 0 amide bonds. The van der Waals surface area contributed by atoms with Crippen molar-refractivity contribution in [2.24, 2.45) is 0 Å². The van der Waals surface area contributed by atoms with E-state index in [0.29, 0.717) is 0 Å². The van der Waals surface area contributed by atoms with Gasteiger partial charge < -0.3 is 9.88 Å². The quantitative estimate of drug-likeness (QED) is 0.879. The highest BCUT2D eigenvalue weighted by Crippen LogP contribution is 2.19. The van der Waals surface area contributed by atoms with Crippen molar-refractivity contribution < 1.29 is 0 Å². The third kappa shape index (κ3) is 2.73. The second-order valence-corrected chi connectivity index (χ2v) is 5.85. The van der Waals surface area contributed by atoms with Crippen LogP contribution in [0.1, 0.15) is 28.4 Å². The minimum atomic E-state index is 0.737. The van der Waals surface area contributed by atoms with Gasteiger partial charge in [-0.15, -0.1) is 11.3 Å². The van der Waals surface area contributed by atoms with Gasteiger partial charge in [0.25, 0.3) is 0 Å². The van der Waals surface area contributed by atoms with Crippen LogP contribution < -0.4 is 5.32 Å². The van der Waals surface area contributed by atoms with Crippen LogP contribution in [0.25, 0.3) is 0 Å². The van der Waals surface area contributed by atoms with E-state index in [2.05, 4.69) is 26.8 Å². The Morgan fingerprint density at radius 2 is 2.35 bits per heavy atom. The summed E-state index contributed by atoms with van der Waals surface area (Å²) in [5.74, 6) is 0. The summed E-state index contributed by atoms with van der Waals surface area (Å²) in [7, 11) is 0. The summed E-state index contributed by atoms with van der Waals surface area (Å²) in [5, 5.41) is 4.66. The van der Waals surface area contributed by atoms with Crippen molar-refractivity contribution in [2.45, 2.75) is 38.9 Å². The lowest BCUT2D eigenvalue weighted by molar-refractivity contribution is 0.633. The molecule has 1 aliphatic rings. The number of nitrogens with one attached hydrogen (secondary N) is 1. The van der Waals surface area contributed by atoms with Crippen molar-refractivity contribution in [3.05, 3.63) is 34.3 Å². The van der Waals surface area contributed by atoms with Crippen LogP contribution in [0.3, 0.4) is 0 Å². The topological polar surface area (TPSA) is 42.7 Å². The molecule has 2 aromatic heterocycles. The molecule has 3 rings (SSSR count). The Kier molecular flexibility index (Phi) is 2.94. The van der Waals surface area contributed by atoms with Crippen molar-refractivity contribution in [3.8, 4) is 0 Å². The van der Waals surface area contributed by atoms with Gasteiger partial charge in [0.1, 0.15) is 5.01 Å². The Balaban J connectivity index is 1.67. The van der Waals surface area contributed by atoms with Crippen LogP contribution in [0.5, 0.6) is 0 Å². The van der Waals surface area contributed by atoms with Crippen LogP contribution in [0.4, 0.5) is 0 Å². The Bertz CT molecular complexity index is 498. The van der Waals surface area contributed by atoms with Crippen LogP contribution >= 0.6 is 11.3 Å². The molecular formula is C12H16N4S. The molecule has 17 heavy (non-hydrogen) atoms. The largest absolute Gasteiger partial charge is 0.326 e. The number of hydrogen-bond acceptors (Lipinski definition) is 4. The van der Waals surface area contributed by atoms with Gasteiger partial charge in [-0.05, 0) is 19.8 Å². The van der Waals surface area contributed by atoms with Crippen molar-refractivity contribution in [1.82, 2.24) is 19.9 Å². The molecule has 0 unspecified atom stereocenters. The van der Waals surface area contributed by atoms with E-state index in [0.717, 1.165) is 24.1 Å². The van der Waals surface area contributed by atoms with Crippen LogP contribution in [0.15, 0.2) is 18.7 Å². The molecule has 0 radical (unpaired) electrons. The first-order valence-corrected chi connectivity index (χ1v) is 6.76. The average molecular weight is 248 g/mol. The molecular weight excluding hydrogens is 232 g/mol. The predicted molar refractivity (Wildman–Crippen MR) is 68.0 cm³/mol. The molecule has 0 aromatic carbocycles. The molecule has 4 nitrogen and oxygen atoms in total. The smallest absolute Gasteiger partial charge is 0.113 e. The Labute approximate surface area is 105 Å². The van der Waals surface area contributed by atoms with Crippen LogP contribution in [0.2, 0.25) is 0 Å². The molecule has 1 saturated carbocycles. The molecule has 90 valence electrons. The van der Waals surface area contributed by atoms with Gasteiger partial charge in [-0.1, -0.05) is 0 Å². The minimum absolute atomic E-state index is 0.737. The second-order valence-electron chi connectivity index (χ2n) is 4.53. The molecule has 1 N–H and O–H groups in total. The fraction of sp³-hybridized carbons (Fsp3) is 0.500. The molecule has 0 saturated heterocycles. The lowest BCUT2D eigenvalue weighted by Crippen LogP contribution is -2.18. The van der Waals surface area contributed by atoms with E-state index < -0.39 is 0 Å². The van der Waals surface area contributed by atoms with Gasteiger partial charge in [-0.25, -0.2) is 9.97 Å². The molecule has 0 atom stereocenters. The fourth-order valence-corrected chi connectivity index (χ4v) is 2.58. The van der Waals surface area contributed by atoms with Crippen molar-refractivity contribution in [3.63, 3.8) is 0 Å². The summed E-state index contributed by atoms with van der Waals surface area (Å²) >= 11 is 1.75. The maximum atomic E-state index is 4.39. The average Bonchev–Trinajstić information content (AvgIpc) is 2.90. The Hall–Kier alpha value is -1.20. The van der Waals surface area contributed by atoms with E-state index in [1.807, 2.05) is 18.7 Å². The van der Waals surface area contributed by atoms with Crippen LogP contribution in [-0.2, 0) is 13.1 Å². The minimum Gasteiger partial charge on any atom is -0.326 e. The highest BCUT2D eigenvalue weighted by molar-refractivity contribution is 7.11. The highest BCUT2D eigenvalue weighted by Gasteiger charge is 2.20. The zero-order valence-corrected chi connectivity index (χ0v) is 10.7. The number of nitrogens with zero attached hydrogens (tertiary/aromatic N) is 3. The lowest BCUT2D eigenvalue weighted by Gasteiger charge is -2.06. The van der Waals surface area contributed by atoms with E-state index in [1.54, 1.807) is 11.3 Å². The third-order valence-corrected chi connectivity index (χ3v) is 3.82. The molecule has 2 heterocycles. The van der Waals surface area contributed by atoms with E-state index in [-0.39, 0.29) is 0 Å². The normalized spacial score (nSPS) is 15.4. The molecule has 0 aliphatic heterocycles. The molecule has 0 spiro atoms. The third-order valence-electron chi connectivity index (χ3n) is 2.92. The SMILES string of the molecule is Cc1cnc(Cn2cncc2CNC2CC2)s1. The summed E-state index contributed by atoms with van der Waals surface area (Å²) in [6.07, 6.45) is 8.40. The van der Waals surface area contributed by atoms with Gasteiger partial charge in [0.15, 0.2) is 0 Å². The number of rotatable bonds is 5. The highest BCUT2D eigenvalue weighted by atomic mass is 32.1. The number of aryl methyl sites for hydroxylation is 1. The Morgan fingerprint density at radius 1 is 1.47 bits per heavy atom. The van der Waals surface area contributed by atoms with E-state index in [1.165, 1.54) is 23.4 Å². The standard InChI is InChI=1S/C12H16N4S/c1-9-4-15-12(17-9)7-16-8-13-5-11(16)6-14-10-2-3-10/h4-5,8,10,14H,2-3,6-7H2,1H3. The maximum absolute atomic E-state index is 4.39. The van der Waals surface area contributed by atoms with E-state index in [9.17, 15) is 0 Å². The Morgan fingerprint density at radius 3 is 3.06 bits per heavy atom. The molecule has 0 bridgehead atoms. The second kappa shape index (κ2) is 4.58. The van der Waals surface area contributed by atoms with E-state index >= 15 is 0 Å². The summed E-state index contributed by atoms with van der Waals surface area (Å²) in [4.78, 5) is 9.87. The van der Waals surface area contributed by atoms with Crippen LogP contribution in [0, 0.1) is 6.92 Å². The number of imidazole rings is 1. The molecule has 2 aromatic rings. The summed E-state index contributed by atoms with van der Waals surface area (Å²) in [5.41, 5.74) is 1.24. The number of aromatic nitrogens is 3. The zero-order valence-electron chi connectivity index (χ0n) is 9.89. The van der Waals surface area contributed by atoms with Crippen molar-refractivity contribution in [2.75, 3.05) is 0 Å². The molecule has 1 fully saturated rings. The lowest BCUT2D eigenvalue weighted by atomic mass is 10.4. The number of hydrogen-bond donors (Lipinski definition) is 1. The summed E-state index contributed by atoms with van der Waals surface area (Å²) < 4.78 is 2.17. The van der Waals surface area contributed by atoms with Gasteiger partial charge >= 0.3 is 0 Å². The monoisotopic (exact) mass is 248 g/mol. The van der Waals surface area contributed by atoms with Gasteiger partial charge in [-0.2, -0.15) is 0 Å². The summed E-state index contributed by atoms with van der Waals surface area (Å²) in [6, 6.07) is 0.737. The first-order chi connectivity index (χ1) is 8.31. The maximum Gasteiger partial charge on any atom is 0.113 e. The van der Waals surface area contributed by atoms with Crippen molar-refractivity contribution in [1.29, 1.82) is 0 Å². The van der Waals surface area contributed by atoms with Gasteiger partial charge in [0, 0.05) is 29.9 Å². The first-order valence-electron chi connectivity index (χ1n) is 5.95. The molecule has 1 aliphatic carbocycles. The van der Waals surface area contributed by atoms with Gasteiger partial charge in [0.2, 0.25) is 0 Å². The first kappa shape index (κ1) is 10.9. The summed E-state index contributed by atoms with van der Waals surface area (Å²) in [6.45, 7) is 3.83. The van der Waals surface area contributed by atoms with E-state index in [4.69, 9.17) is 0 Å². The van der Waals surface area contributed by atoms with Crippen LogP contribution in [-0.4, -0.2) is 20.6 Å². The zero-order chi connectivity index (χ0) is 11.7. The van der Waals surface area contributed by atoms with Gasteiger partial charge in [0.05, 0.1) is 18.6 Å². The predicted octanol–water partition coefficient (Wildman–Crippen LogP) is 1.95. The fourth-order valence-electron chi connectivity index (χ4n) is 1.79. The van der Waals surface area contributed by atoms with Gasteiger partial charge in [-0.3, -0.25) is 0 Å². The molecule has 5 heteroatoms.